The molecule has 0 aliphatic rings. The quantitative estimate of drug-likeness (QED) is 0.358. The van der Waals surface area contributed by atoms with Crippen molar-refractivity contribution in [2.75, 3.05) is 17.2 Å². The summed E-state index contributed by atoms with van der Waals surface area (Å²) in [5, 5.41) is 10.6. The fraction of sp³-hybridized carbons (Fsp3) is 0.0526. The van der Waals surface area contributed by atoms with E-state index in [1.807, 2.05) is 0 Å². The molecule has 0 amide bonds. The number of hydrogen-bond donors (Lipinski definition) is 4. The van der Waals surface area contributed by atoms with Gasteiger partial charge in [0.25, 0.3) is 0 Å². The lowest BCUT2D eigenvalue weighted by Crippen LogP contribution is -2.23. The summed E-state index contributed by atoms with van der Waals surface area (Å²) in [5.74, 6) is 1.20. The molecule has 0 spiro atoms. The number of benzene rings is 2. The molecule has 0 radical (unpaired) electrons. The van der Waals surface area contributed by atoms with E-state index in [4.69, 9.17) is 11.6 Å². The molecule has 13 heteroatoms. The van der Waals surface area contributed by atoms with Crippen LogP contribution in [0.2, 0.25) is 0 Å². The second-order valence-electron chi connectivity index (χ2n) is 6.27. The normalized spacial score (nSPS) is 11.5. The van der Waals surface area contributed by atoms with Crippen molar-refractivity contribution in [3.05, 3.63) is 60.5 Å². The highest BCUT2D eigenvalue weighted by Crippen LogP contribution is 2.23. The van der Waals surface area contributed by atoms with Crippen molar-refractivity contribution in [2.24, 2.45) is 5.14 Å². The fourth-order valence-corrected chi connectivity index (χ4v) is 3.97. The second-order valence-corrected chi connectivity index (χ2v) is 9.59. The van der Waals surface area contributed by atoms with Crippen LogP contribution in [0.15, 0.2) is 64.5 Å². The number of hydrogen-bond acceptors (Lipinski definition) is 8. The summed E-state index contributed by atoms with van der Waals surface area (Å²) in [6.45, 7) is -0.173. The Morgan fingerprint density at radius 1 is 1.00 bits per heavy atom. The second kappa shape index (κ2) is 9.28. The smallest absolute Gasteiger partial charge is 0.241 e. The summed E-state index contributed by atoms with van der Waals surface area (Å²) in [6.07, 6.45) is 6.00. The number of anilines is 4. The topological polar surface area (TPSA) is 156 Å². The number of rotatable bonds is 8. The number of nitrogens with two attached hydrogens (primary N) is 1. The van der Waals surface area contributed by atoms with E-state index in [1.54, 1.807) is 0 Å². The third-order valence-electron chi connectivity index (χ3n) is 3.95. The molecular weight excluding hydrogens is 459 g/mol. The molecule has 1 aromatic heterocycles. The molecule has 0 bridgehead atoms. The van der Waals surface area contributed by atoms with Gasteiger partial charge in [0, 0.05) is 11.4 Å². The molecule has 166 valence electrons. The van der Waals surface area contributed by atoms with E-state index in [1.165, 1.54) is 48.5 Å². The zero-order valence-corrected chi connectivity index (χ0v) is 17.9. The Kier molecular flexibility index (Phi) is 6.70. The number of terminal acetylenes is 1. The Hall–Kier alpha value is -3.57. The van der Waals surface area contributed by atoms with Gasteiger partial charge in [-0.2, -0.15) is 9.71 Å². The van der Waals surface area contributed by atoms with Crippen LogP contribution in [0.1, 0.15) is 0 Å². The Balaban J connectivity index is 1.81. The number of nitrogens with zero attached hydrogens (tertiary/aromatic N) is 2. The minimum Gasteiger partial charge on any atom is -0.338 e. The van der Waals surface area contributed by atoms with Gasteiger partial charge in [-0.3, -0.25) is 0 Å². The maximum Gasteiger partial charge on any atom is 0.241 e. The van der Waals surface area contributed by atoms with E-state index in [0.29, 0.717) is 5.69 Å². The van der Waals surface area contributed by atoms with Crippen LogP contribution in [-0.4, -0.2) is 33.3 Å². The van der Waals surface area contributed by atoms with E-state index in [9.17, 15) is 21.2 Å². The van der Waals surface area contributed by atoms with Crippen molar-refractivity contribution in [1.29, 1.82) is 0 Å². The highest BCUT2D eigenvalue weighted by Gasteiger charge is 2.15. The van der Waals surface area contributed by atoms with Crippen LogP contribution in [0.5, 0.6) is 0 Å². The number of primary sulfonamides is 1. The summed E-state index contributed by atoms with van der Waals surface area (Å²) in [6, 6.07) is 11.1. The summed E-state index contributed by atoms with van der Waals surface area (Å²) in [5.41, 5.74) is 0.692. The van der Waals surface area contributed by atoms with Crippen molar-refractivity contribution >= 4 is 43.2 Å². The van der Waals surface area contributed by atoms with Crippen LogP contribution in [0.25, 0.3) is 0 Å². The van der Waals surface area contributed by atoms with Gasteiger partial charge >= 0.3 is 0 Å². The number of sulfonamides is 2. The molecule has 0 saturated heterocycles. The first-order valence-corrected chi connectivity index (χ1v) is 11.8. The van der Waals surface area contributed by atoms with Gasteiger partial charge in [0.1, 0.15) is 0 Å². The molecule has 1 heterocycles. The first kappa shape index (κ1) is 23.1. The maximum atomic E-state index is 14.2. The van der Waals surface area contributed by atoms with Crippen molar-refractivity contribution in [3.8, 4) is 12.3 Å². The zero-order chi connectivity index (χ0) is 23.4. The van der Waals surface area contributed by atoms with Gasteiger partial charge in [0.05, 0.1) is 22.5 Å². The van der Waals surface area contributed by atoms with Gasteiger partial charge in [-0.1, -0.05) is 12.0 Å². The summed E-state index contributed by atoms with van der Waals surface area (Å²) in [4.78, 5) is 7.72. The molecule has 3 rings (SSSR count). The van der Waals surface area contributed by atoms with Crippen molar-refractivity contribution in [2.45, 2.75) is 9.79 Å². The molecule has 32 heavy (non-hydrogen) atoms. The Morgan fingerprint density at radius 3 is 2.38 bits per heavy atom. The highest BCUT2D eigenvalue weighted by atomic mass is 32.2. The van der Waals surface area contributed by atoms with Crippen LogP contribution in [-0.2, 0) is 20.0 Å². The van der Waals surface area contributed by atoms with E-state index in [0.717, 1.165) is 6.20 Å². The third kappa shape index (κ3) is 5.77. The molecule has 10 nitrogen and oxygen atoms in total. The van der Waals surface area contributed by atoms with E-state index in [2.05, 4.69) is 31.2 Å². The fourth-order valence-electron chi connectivity index (χ4n) is 2.47. The Bertz CT molecular complexity index is 1390. The molecule has 0 fully saturated rings. The summed E-state index contributed by atoms with van der Waals surface area (Å²) >= 11 is 0. The molecule has 2 aromatic carbocycles. The molecular formula is C19H17FN6O4S2. The molecule has 0 unspecified atom stereocenters. The Morgan fingerprint density at radius 2 is 1.72 bits per heavy atom. The zero-order valence-electron chi connectivity index (χ0n) is 16.3. The molecule has 0 saturated carbocycles. The predicted molar refractivity (Wildman–Crippen MR) is 117 cm³/mol. The van der Waals surface area contributed by atoms with Crippen LogP contribution >= 0.6 is 0 Å². The van der Waals surface area contributed by atoms with Gasteiger partial charge in [-0.05, 0) is 42.5 Å². The first-order valence-electron chi connectivity index (χ1n) is 8.81. The number of aromatic nitrogens is 2. The predicted octanol–water partition coefficient (Wildman–Crippen LogP) is 1.66. The highest BCUT2D eigenvalue weighted by molar-refractivity contribution is 7.89. The van der Waals surface area contributed by atoms with E-state index < -0.39 is 25.9 Å². The van der Waals surface area contributed by atoms with Crippen LogP contribution in [0, 0.1) is 18.2 Å². The van der Waals surface area contributed by atoms with Crippen LogP contribution in [0.3, 0.4) is 0 Å². The van der Waals surface area contributed by atoms with E-state index in [-0.39, 0.29) is 33.8 Å². The molecule has 3 aromatic rings. The minimum absolute atomic E-state index is 0.0109. The number of halogens is 1. The van der Waals surface area contributed by atoms with Crippen molar-refractivity contribution < 1.29 is 21.2 Å². The molecule has 0 aliphatic carbocycles. The first-order chi connectivity index (χ1) is 15.1. The maximum absolute atomic E-state index is 14.2. The lowest BCUT2D eigenvalue weighted by molar-refractivity contribution is 0.586. The van der Waals surface area contributed by atoms with Gasteiger partial charge in [0.15, 0.2) is 11.6 Å². The molecule has 0 atom stereocenters. The lowest BCUT2D eigenvalue weighted by atomic mass is 10.3. The lowest BCUT2D eigenvalue weighted by Gasteiger charge is -2.11. The Labute approximate surface area is 184 Å². The van der Waals surface area contributed by atoms with Crippen molar-refractivity contribution in [1.82, 2.24) is 14.7 Å². The molecule has 0 aliphatic heterocycles. The standard InChI is InChI=1S/C19H17FN6O4S2/c1-2-10-23-32(29,30)16-5-3-4-14(11-16)24-18-17(20)12-22-19(26-18)25-13-6-8-15(9-7-13)31(21,27)28/h1,3-9,11-12,23H,10H2,(H2,21,27,28)(H2,22,24,25,26). The van der Waals surface area contributed by atoms with Gasteiger partial charge < -0.3 is 10.6 Å². The summed E-state index contributed by atoms with van der Waals surface area (Å²) < 4.78 is 63.6. The average molecular weight is 477 g/mol. The average Bonchev–Trinajstić information content (AvgIpc) is 2.75. The third-order valence-corrected chi connectivity index (χ3v) is 6.28. The minimum atomic E-state index is -3.83. The van der Waals surface area contributed by atoms with Crippen molar-refractivity contribution in [3.63, 3.8) is 0 Å². The van der Waals surface area contributed by atoms with Gasteiger partial charge in [-0.15, -0.1) is 6.42 Å². The monoisotopic (exact) mass is 476 g/mol. The summed E-state index contributed by atoms with van der Waals surface area (Å²) in [7, 11) is -7.67. The van der Waals surface area contributed by atoms with Gasteiger partial charge in [-0.25, -0.2) is 31.3 Å². The SMILES string of the molecule is C#CCNS(=O)(=O)c1cccc(Nc2nc(Nc3ccc(S(N)(=O)=O)cc3)ncc2F)c1. The van der Waals surface area contributed by atoms with Crippen LogP contribution < -0.4 is 20.5 Å². The molecule has 5 N–H and O–H groups in total. The van der Waals surface area contributed by atoms with Crippen LogP contribution in [0.4, 0.5) is 27.5 Å². The van der Waals surface area contributed by atoms with E-state index >= 15 is 0 Å². The van der Waals surface area contributed by atoms with Gasteiger partial charge in [0.2, 0.25) is 26.0 Å². The number of nitrogens with one attached hydrogen (secondary N) is 3. The largest absolute Gasteiger partial charge is 0.338 e.